The second-order valence-corrected chi connectivity index (χ2v) is 7.52. The maximum Gasteiger partial charge on any atom is 0.251 e. The number of carbonyl (C=O) groups excluding carboxylic acids is 2. The Morgan fingerprint density at radius 1 is 1.00 bits per heavy atom. The molecule has 160 valence electrons. The number of pyridine rings is 1. The smallest absolute Gasteiger partial charge is 0.251 e. The van der Waals surface area contributed by atoms with Crippen molar-refractivity contribution in [2.45, 2.75) is 32.7 Å². The number of aromatic nitrogens is 1. The Labute approximate surface area is 181 Å². The monoisotopic (exact) mass is 419 g/mol. The third-order valence-corrected chi connectivity index (χ3v) is 5.15. The van der Waals surface area contributed by atoms with Crippen molar-refractivity contribution in [3.8, 4) is 0 Å². The Hall–Kier alpha value is -3.54. The molecule has 0 aliphatic rings. The third-order valence-electron chi connectivity index (χ3n) is 5.15. The van der Waals surface area contributed by atoms with E-state index >= 15 is 0 Å². The molecular formula is C25H26FN3O2. The van der Waals surface area contributed by atoms with Gasteiger partial charge in [0.15, 0.2) is 0 Å². The van der Waals surface area contributed by atoms with Crippen LogP contribution in [0.25, 0.3) is 0 Å². The van der Waals surface area contributed by atoms with Crippen molar-refractivity contribution in [1.29, 1.82) is 0 Å². The summed E-state index contributed by atoms with van der Waals surface area (Å²) in [6, 6.07) is 16.2. The summed E-state index contributed by atoms with van der Waals surface area (Å²) in [5, 5.41) is 5.70. The largest absolute Gasteiger partial charge is 0.354 e. The van der Waals surface area contributed by atoms with Crippen LogP contribution in [-0.4, -0.2) is 29.4 Å². The number of hydrogen-bond donors (Lipinski definition) is 2. The van der Waals surface area contributed by atoms with Gasteiger partial charge in [0.25, 0.3) is 5.91 Å². The van der Waals surface area contributed by atoms with Gasteiger partial charge in [0.05, 0.1) is 0 Å². The molecule has 0 aliphatic carbocycles. The van der Waals surface area contributed by atoms with E-state index in [1.807, 2.05) is 38.1 Å². The molecule has 0 saturated carbocycles. The lowest BCUT2D eigenvalue weighted by Crippen LogP contribution is -2.48. The van der Waals surface area contributed by atoms with Crippen LogP contribution in [0.3, 0.4) is 0 Å². The van der Waals surface area contributed by atoms with Crippen LogP contribution in [0.15, 0.2) is 66.9 Å². The highest BCUT2D eigenvalue weighted by atomic mass is 19.1. The number of rotatable bonds is 8. The van der Waals surface area contributed by atoms with E-state index in [0.29, 0.717) is 18.5 Å². The van der Waals surface area contributed by atoms with Crippen LogP contribution in [0.1, 0.15) is 32.7 Å². The number of benzene rings is 2. The van der Waals surface area contributed by atoms with Gasteiger partial charge in [-0.15, -0.1) is 0 Å². The highest BCUT2D eigenvalue weighted by molar-refractivity contribution is 5.97. The molecule has 0 radical (unpaired) electrons. The predicted octanol–water partition coefficient (Wildman–Crippen LogP) is 3.54. The Balaban J connectivity index is 1.69. The van der Waals surface area contributed by atoms with Crippen LogP contribution in [-0.2, 0) is 17.6 Å². The van der Waals surface area contributed by atoms with Crippen molar-refractivity contribution >= 4 is 11.8 Å². The number of amides is 2. The zero-order valence-electron chi connectivity index (χ0n) is 17.7. The SMILES string of the molecule is Cc1ccc(C(=O)N[C@H](Cc2ccc(F)cc2)C(=O)NCCc2ccccn2)cc1C. The highest BCUT2D eigenvalue weighted by Gasteiger charge is 2.22. The quantitative estimate of drug-likeness (QED) is 0.587. The molecule has 0 fully saturated rings. The van der Waals surface area contributed by atoms with Gasteiger partial charge in [0.2, 0.25) is 5.91 Å². The first-order chi connectivity index (χ1) is 14.9. The van der Waals surface area contributed by atoms with Gasteiger partial charge < -0.3 is 10.6 Å². The minimum Gasteiger partial charge on any atom is -0.354 e. The van der Waals surface area contributed by atoms with E-state index in [9.17, 15) is 14.0 Å². The Kier molecular flexibility index (Phi) is 7.49. The summed E-state index contributed by atoms with van der Waals surface area (Å²) >= 11 is 0. The van der Waals surface area contributed by atoms with Crippen LogP contribution in [0.4, 0.5) is 4.39 Å². The Morgan fingerprint density at radius 3 is 2.45 bits per heavy atom. The molecule has 3 aromatic rings. The molecule has 31 heavy (non-hydrogen) atoms. The average Bonchev–Trinajstić information content (AvgIpc) is 2.77. The molecule has 0 bridgehead atoms. The van der Waals surface area contributed by atoms with Crippen LogP contribution < -0.4 is 10.6 Å². The predicted molar refractivity (Wildman–Crippen MR) is 118 cm³/mol. The van der Waals surface area contributed by atoms with Gasteiger partial charge in [-0.05, 0) is 66.9 Å². The van der Waals surface area contributed by atoms with E-state index in [1.54, 1.807) is 30.5 Å². The first kappa shape index (κ1) is 22.2. The number of halogens is 1. The van der Waals surface area contributed by atoms with Crippen LogP contribution >= 0.6 is 0 Å². The number of aryl methyl sites for hydroxylation is 2. The van der Waals surface area contributed by atoms with Crippen LogP contribution in [0.5, 0.6) is 0 Å². The molecule has 1 aromatic heterocycles. The first-order valence-corrected chi connectivity index (χ1v) is 10.2. The van der Waals surface area contributed by atoms with Crippen molar-refractivity contribution in [1.82, 2.24) is 15.6 Å². The van der Waals surface area contributed by atoms with Gasteiger partial charge in [-0.3, -0.25) is 14.6 Å². The molecule has 6 heteroatoms. The van der Waals surface area contributed by atoms with Crippen molar-refractivity contribution in [3.63, 3.8) is 0 Å². The maximum atomic E-state index is 13.3. The van der Waals surface area contributed by atoms with E-state index in [1.165, 1.54) is 12.1 Å². The summed E-state index contributed by atoms with van der Waals surface area (Å²) in [7, 11) is 0. The molecule has 2 amide bonds. The summed E-state index contributed by atoms with van der Waals surface area (Å²) in [5.74, 6) is -0.966. The van der Waals surface area contributed by atoms with Crippen molar-refractivity contribution in [2.24, 2.45) is 0 Å². The lowest BCUT2D eigenvalue weighted by molar-refractivity contribution is -0.122. The maximum absolute atomic E-state index is 13.3. The second-order valence-electron chi connectivity index (χ2n) is 7.52. The molecule has 0 unspecified atom stereocenters. The lowest BCUT2D eigenvalue weighted by Gasteiger charge is -2.19. The third kappa shape index (κ3) is 6.47. The van der Waals surface area contributed by atoms with Gasteiger partial charge in [-0.25, -0.2) is 4.39 Å². The molecule has 0 saturated heterocycles. The van der Waals surface area contributed by atoms with E-state index < -0.39 is 6.04 Å². The van der Waals surface area contributed by atoms with E-state index in [4.69, 9.17) is 0 Å². The molecule has 0 spiro atoms. The summed E-state index contributed by atoms with van der Waals surface area (Å²) in [5.41, 5.74) is 4.21. The van der Waals surface area contributed by atoms with Crippen molar-refractivity contribution in [2.75, 3.05) is 6.54 Å². The van der Waals surface area contributed by atoms with Gasteiger partial charge in [-0.2, -0.15) is 0 Å². The van der Waals surface area contributed by atoms with E-state index in [-0.39, 0.29) is 24.1 Å². The Bertz CT molecular complexity index is 1040. The molecular weight excluding hydrogens is 393 g/mol. The van der Waals surface area contributed by atoms with Crippen molar-refractivity contribution < 1.29 is 14.0 Å². The molecule has 3 rings (SSSR count). The fourth-order valence-electron chi connectivity index (χ4n) is 3.17. The Morgan fingerprint density at radius 2 is 1.77 bits per heavy atom. The minimum atomic E-state index is -0.789. The highest BCUT2D eigenvalue weighted by Crippen LogP contribution is 2.11. The zero-order chi connectivity index (χ0) is 22.2. The fourth-order valence-corrected chi connectivity index (χ4v) is 3.17. The summed E-state index contributed by atoms with van der Waals surface area (Å²) in [4.78, 5) is 29.9. The fraction of sp³-hybridized carbons (Fsp3) is 0.240. The van der Waals surface area contributed by atoms with E-state index in [0.717, 1.165) is 22.4 Å². The van der Waals surface area contributed by atoms with Crippen LogP contribution in [0.2, 0.25) is 0 Å². The van der Waals surface area contributed by atoms with Crippen LogP contribution in [0, 0.1) is 19.7 Å². The number of nitrogens with one attached hydrogen (secondary N) is 2. The van der Waals surface area contributed by atoms with Gasteiger partial charge in [-0.1, -0.05) is 24.3 Å². The topological polar surface area (TPSA) is 71.1 Å². The number of carbonyl (C=O) groups is 2. The van der Waals surface area contributed by atoms with E-state index in [2.05, 4.69) is 15.6 Å². The summed E-state index contributed by atoms with van der Waals surface area (Å²) in [6.45, 7) is 4.31. The average molecular weight is 420 g/mol. The molecule has 2 N–H and O–H groups in total. The van der Waals surface area contributed by atoms with Gasteiger partial charge in [0.1, 0.15) is 11.9 Å². The standard InChI is InChI=1S/C25H26FN3O2/c1-17-6-9-20(15-18(17)2)24(30)29-23(16-19-7-10-21(26)11-8-19)25(31)28-14-12-22-5-3-4-13-27-22/h3-11,13,15,23H,12,14,16H2,1-2H3,(H,28,31)(H,29,30)/t23-/m1/s1. The molecule has 0 aliphatic heterocycles. The number of hydrogen-bond acceptors (Lipinski definition) is 3. The molecule has 1 heterocycles. The van der Waals surface area contributed by atoms with Gasteiger partial charge in [0, 0.05) is 36.8 Å². The molecule has 1 atom stereocenters. The zero-order valence-corrected chi connectivity index (χ0v) is 17.7. The number of nitrogens with zero attached hydrogens (tertiary/aromatic N) is 1. The molecule has 2 aromatic carbocycles. The normalized spacial score (nSPS) is 11.6. The van der Waals surface area contributed by atoms with Gasteiger partial charge >= 0.3 is 0 Å². The van der Waals surface area contributed by atoms with Crippen molar-refractivity contribution in [3.05, 3.63) is 101 Å². The lowest BCUT2D eigenvalue weighted by atomic mass is 10.0. The molecule has 5 nitrogen and oxygen atoms in total. The summed E-state index contributed by atoms with van der Waals surface area (Å²) < 4.78 is 13.3. The summed E-state index contributed by atoms with van der Waals surface area (Å²) in [6.07, 6.45) is 2.55. The first-order valence-electron chi connectivity index (χ1n) is 10.2. The minimum absolute atomic E-state index is 0.256. The second kappa shape index (κ2) is 10.5.